The molecule has 0 aliphatic rings. The van der Waals surface area contributed by atoms with Gasteiger partial charge in [0.1, 0.15) is 0 Å². The van der Waals surface area contributed by atoms with Gasteiger partial charge in [0.05, 0.1) is 6.10 Å². The quantitative estimate of drug-likeness (QED) is 0.688. The maximum Gasteiger partial charge on any atom is 0.0781 e. The lowest BCUT2D eigenvalue weighted by Gasteiger charge is -2.21. The molecule has 0 aliphatic carbocycles. The Morgan fingerprint density at radius 3 is 2.41 bits per heavy atom. The lowest BCUT2D eigenvalue weighted by atomic mass is 10.1. The third-order valence-electron chi connectivity index (χ3n) is 2.51. The zero-order valence-corrected chi connectivity index (χ0v) is 11.2. The topological polar surface area (TPSA) is 44.3 Å². The number of anilines is 1. The van der Waals surface area contributed by atoms with Crippen LogP contribution >= 0.6 is 0 Å². The van der Waals surface area contributed by atoms with E-state index in [1.165, 1.54) is 0 Å². The molecule has 0 bridgehead atoms. The average Bonchev–Trinajstić information content (AvgIpc) is 2.23. The van der Waals surface area contributed by atoms with Crippen molar-refractivity contribution >= 4 is 5.69 Å². The molecule has 1 aromatic carbocycles. The molecule has 3 heteroatoms. The van der Waals surface area contributed by atoms with Crippen molar-refractivity contribution < 1.29 is 5.11 Å². The highest BCUT2D eigenvalue weighted by molar-refractivity contribution is 5.51. The Kier molecular flexibility index (Phi) is 4.97. The number of hydrogen-bond donors (Lipinski definition) is 3. The summed E-state index contributed by atoms with van der Waals surface area (Å²) in [6, 6.07) is 7.87. The molecule has 3 nitrogen and oxygen atoms in total. The van der Waals surface area contributed by atoms with Crippen LogP contribution < -0.4 is 10.6 Å². The first kappa shape index (κ1) is 14.0. The van der Waals surface area contributed by atoms with E-state index in [-0.39, 0.29) is 5.54 Å². The largest absolute Gasteiger partial charge is 0.389 e. The number of aliphatic hydroxyl groups excluding tert-OH is 1. The van der Waals surface area contributed by atoms with E-state index in [1.54, 1.807) is 6.92 Å². The number of aliphatic hydroxyl groups is 1. The van der Waals surface area contributed by atoms with Crippen LogP contribution in [-0.2, 0) is 0 Å². The van der Waals surface area contributed by atoms with E-state index in [2.05, 4.69) is 31.4 Å². The first-order chi connectivity index (χ1) is 7.90. The second-order valence-electron chi connectivity index (χ2n) is 5.37. The van der Waals surface area contributed by atoms with Gasteiger partial charge in [-0.25, -0.2) is 0 Å². The molecule has 0 spiro atoms. The number of rotatable bonds is 5. The maximum absolute atomic E-state index is 9.63. The molecular formula is C14H24N2O. The van der Waals surface area contributed by atoms with E-state index in [0.29, 0.717) is 0 Å². The Morgan fingerprint density at radius 1 is 1.18 bits per heavy atom. The molecule has 17 heavy (non-hydrogen) atoms. The van der Waals surface area contributed by atoms with Crippen LogP contribution in [0.4, 0.5) is 5.69 Å². The minimum atomic E-state index is -0.436. The Hall–Kier alpha value is -1.06. The van der Waals surface area contributed by atoms with Crippen LogP contribution in [-0.4, -0.2) is 23.7 Å². The molecule has 96 valence electrons. The van der Waals surface area contributed by atoms with Gasteiger partial charge in [0, 0.05) is 29.9 Å². The average molecular weight is 236 g/mol. The second-order valence-corrected chi connectivity index (χ2v) is 5.37. The van der Waals surface area contributed by atoms with Crippen molar-refractivity contribution in [1.29, 1.82) is 0 Å². The monoisotopic (exact) mass is 236 g/mol. The summed E-state index contributed by atoms with van der Waals surface area (Å²) in [4.78, 5) is 0. The zero-order chi connectivity index (χ0) is 12.9. The first-order valence-corrected chi connectivity index (χ1v) is 6.16. The zero-order valence-electron chi connectivity index (χ0n) is 11.2. The summed E-state index contributed by atoms with van der Waals surface area (Å²) in [5.41, 5.74) is 2.10. The smallest absolute Gasteiger partial charge is 0.0781 e. The van der Waals surface area contributed by atoms with E-state index in [9.17, 15) is 5.11 Å². The summed E-state index contributed by atoms with van der Waals surface area (Å²) < 4.78 is 0. The van der Waals surface area contributed by atoms with Gasteiger partial charge in [-0.15, -0.1) is 0 Å². The van der Waals surface area contributed by atoms with E-state index in [0.717, 1.165) is 24.3 Å². The lowest BCUT2D eigenvalue weighted by Crippen LogP contribution is -2.38. The van der Waals surface area contributed by atoms with Crippen molar-refractivity contribution in [3.8, 4) is 0 Å². The van der Waals surface area contributed by atoms with Crippen molar-refractivity contribution in [2.45, 2.75) is 39.3 Å². The van der Waals surface area contributed by atoms with Gasteiger partial charge in [0.2, 0.25) is 0 Å². The predicted octanol–water partition coefficient (Wildman–Crippen LogP) is 2.54. The van der Waals surface area contributed by atoms with Crippen LogP contribution in [0.3, 0.4) is 0 Å². The molecule has 0 fully saturated rings. The van der Waals surface area contributed by atoms with Gasteiger partial charge in [-0.2, -0.15) is 0 Å². The van der Waals surface area contributed by atoms with Crippen LogP contribution in [0.1, 0.15) is 39.4 Å². The van der Waals surface area contributed by atoms with Gasteiger partial charge >= 0.3 is 0 Å². The van der Waals surface area contributed by atoms with E-state index in [1.807, 2.05) is 24.3 Å². The van der Waals surface area contributed by atoms with Crippen molar-refractivity contribution in [3.63, 3.8) is 0 Å². The minimum Gasteiger partial charge on any atom is -0.389 e. The summed E-state index contributed by atoms with van der Waals surface area (Å²) >= 11 is 0. The second kappa shape index (κ2) is 6.03. The van der Waals surface area contributed by atoms with Gasteiger partial charge in [0.25, 0.3) is 0 Å². The van der Waals surface area contributed by atoms with Gasteiger partial charge in [-0.05, 0) is 33.8 Å². The summed E-state index contributed by atoms with van der Waals surface area (Å²) in [6.45, 7) is 9.98. The van der Waals surface area contributed by atoms with Crippen LogP contribution in [0.15, 0.2) is 24.3 Å². The highest BCUT2D eigenvalue weighted by atomic mass is 16.3. The maximum atomic E-state index is 9.63. The standard InChI is InChI=1S/C14H24N2O/c1-11(17)12-7-5-6-8-13(12)15-9-10-16-14(2,3)4/h5-8,11,15-17H,9-10H2,1-4H3. The first-order valence-electron chi connectivity index (χ1n) is 6.16. The van der Waals surface area contributed by atoms with Crippen molar-refractivity contribution in [2.75, 3.05) is 18.4 Å². The number of nitrogens with one attached hydrogen (secondary N) is 2. The number of hydrogen-bond acceptors (Lipinski definition) is 3. The highest BCUT2D eigenvalue weighted by Crippen LogP contribution is 2.21. The Bertz CT molecular complexity index is 342. The van der Waals surface area contributed by atoms with E-state index < -0.39 is 6.10 Å². The molecule has 1 unspecified atom stereocenters. The van der Waals surface area contributed by atoms with Crippen LogP contribution in [0.25, 0.3) is 0 Å². The number of benzene rings is 1. The fourth-order valence-corrected chi connectivity index (χ4v) is 1.66. The van der Waals surface area contributed by atoms with Gasteiger partial charge in [-0.3, -0.25) is 0 Å². The van der Waals surface area contributed by atoms with Gasteiger partial charge in [-0.1, -0.05) is 18.2 Å². The van der Waals surface area contributed by atoms with Gasteiger partial charge in [0.15, 0.2) is 0 Å². The third-order valence-corrected chi connectivity index (χ3v) is 2.51. The summed E-state index contributed by atoms with van der Waals surface area (Å²) in [7, 11) is 0. The highest BCUT2D eigenvalue weighted by Gasteiger charge is 2.08. The molecule has 1 aromatic rings. The molecule has 0 aliphatic heterocycles. The minimum absolute atomic E-state index is 0.144. The molecule has 1 rings (SSSR count). The summed E-state index contributed by atoms with van der Waals surface area (Å²) in [5, 5.41) is 16.4. The molecule has 0 amide bonds. The molecule has 1 atom stereocenters. The SMILES string of the molecule is CC(O)c1ccccc1NCCNC(C)(C)C. The van der Waals surface area contributed by atoms with E-state index in [4.69, 9.17) is 0 Å². The normalized spacial score (nSPS) is 13.5. The van der Waals surface area contributed by atoms with Crippen molar-refractivity contribution in [2.24, 2.45) is 0 Å². The summed E-state index contributed by atoms with van der Waals surface area (Å²) in [5.74, 6) is 0. The van der Waals surface area contributed by atoms with Crippen LogP contribution in [0.5, 0.6) is 0 Å². The lowest BCUT2D eigenvalue weighted by molar-refractivity contribution is 0.200. The molecule has 0 saturated carbocycles. The molecule has 3 N–H and O–H groups in total. The summed E-state index contributed by atoms with van der Waals surface area (Å²) in [6.07, 6.45) is -0.436. The fraction of sp³-hybridized carbons (Fsp3) is 0.571. The molecule has 0 radical (unpaired) electrons. The number of para-hydroxylation sites is 1. The van der Waals surface area contributed by atoms with E-state index >= 15 is 0 Å². The van der Waals surface area contributed by atoms with Crippen molar-refractivity contribution in [3.05, 3.63) is 29.8 Å². The van der Waals surface area contributed by atoms with Crippen LogP contribution in [0, 0.1) is 0 Å². The van der Waals surface area contributed by atoms with Gasteiger partial charge < -0.3 is 15.7 Å². The Morgan fingerprint density at radius 2 is 1.82 bits per heavy atom. The Labute approximate surface area is 104 Å². The molecular weight excluding hydrogens is 212 g/mol. The van der Waals surface area contributed by atoms with Crippen LogP contribution in [0.2, 0.25) is 0 Å². The van der Waals surface area contributed by atoms with Crippen molar-refractivity contribution in [1.82, 2.24) is 5.32 Å². The third kappa shape index (κ3) is 5.20. The fourth-order valence-electron chi connectivity index (χ4n) is 1.66. The molecule has 0 aromatic heterocycles. The Balaban J connectivity index is 2.47. The molecule has 0 saturated heterocycles. The predicted molar refractivity (Wildman–Crippen MR) is 73.3 cm³/mol. The molecule has 0 heterocycles.